The fourth-order valence-electron chi connectivity index (χ4n) is 6.83. The van der Waals surface area contributed by atoms with Gasteiger partial charge in [0.05, 0.1) is 23.1 Å². The number of fused-ring (bicyclic) bond motifs is 1. The molecule has 2 fully saturated rings. The number of nitrogens with one attached hydrogen (secondary N) is 2. The summed E-state index contributed by atoms with van der Waals surface area (Å²) in [6, 6.07) is 8.66. The molecule has 39 heavy (non-hydrogen) atoms. The summed E-state index contributed by atoms with van der Waals surface area (Å²) in [5.74, 6) is -3.19. The summed E-state index contributed by atoms with van der Waals surface area (Å²) >= 11 is 0. The average molecular weight is 536 g/mol. The van der Waals surface area contributed by atoms with Crippen LogP contribution in [0, 0.1) is 11.3 Å². The van der Waals surface area contributed by atoms with Crippen molar-refractivity contribution in [2.24, 2.45) is 11.3 Å². The van der Waals surface area contributed by atoms with Gasteiger partial charge in [0.25, 0.3) is 12.3 Å². The molecule has 0 bridgehead atoms. The second kappa shape index (κ2) is 9.39. The van der Waals surface area contributed by atoms with Crippen molar-refractivity contribution in [3.63, 3.8) is 0 Å². The van der Waals surface area contributed by atoms with Crippen molar-refractivity contribution < 1.29 is 27.9 Å². The predicted octanol–water partition coefficient (Wildman–Crippen LogP) is 4.97. The zero-order chi connectivity index (χ0) is 27.4. The van der Waals surface area contributed by atoms with E-state index in [1.54, 1.807) is 24.3 Å². The molecule has 6 rings (SSSR count). The average Bonchev–Trinajstić information content (AvgIpc) is 3.38. The second-order valence-corrected chi connectivity index (χ2v) is 10.8. The molecule has 4 unspecified atom stereocenters. The zero-order valence-electron chi connectivity index (χ0n) is 21.0. The van der Waals surface area contributed by atoms with Crippen LogP contribution in [0.3, 0.4) is 0 Å². The summed E-state index contributed by atoms with van der Waals surface area (Å²) in [4.78, 5) is 29.3. The van der Waals surface area contributed by atoms with Gasteiger partial charge in [0.1, 0.15) is 0 Å². The van der Waals surface area contributed by atoms with Gasteiger partial charge in [-0.1, -0.05) is 36.8 Å². The summed E-state index contributed by atoms with van der Waals surface area (Å²) in [6.45, 7) is 0.263. The summed E-state index contributed by atoms with van der Waals surface area (Å²) in [6.07, 6.45) is 7.77. The largest absolute Gasteiger partial charge is 0.481 e. The fraction of sp³-hybridized carbons (Fsp3) is 0.367. The van der Waals surface area contributed by atoms with Gasteiger partial charge in [-0.05, 0) is 60.1 Å². The molecular formula is C30H28F3N3O3. The minimum Gasteiger partial charge on any atom is -0.481 e. The number of amides is 1. The number of carboxylic acids is 1. The van der Waals surface area contributed by atoms with E-state index in [0.29, 0.717) is 17.7 Å². The van der Waals surface area contributed by atoms with Crippen LogP contribution in [-0.2, 0) is 9.59 Å². The van der Waals surface area contributed by atoms with Gasteiger partial charge >= 0.3 is 5.97 Å². The smallest absolute Gasteiger partial charge is 0.308 e. The number of rotatable bonds is 7. The Kier molecular flexibility index (Phi) is 6.12. The molecule has 3 aliphatic carbocycles. The van der Waals surface area contributed by atoms with Gasteiger partial charge in [0.15, 0.2) is 5.67 Å². The standard InChI is InChI=1S/C30H28F3N3O3/c31-26(32)19-5-2-1-4-18(19)23(17-7-13-34-14-8-17)30(33)12-6-20(24-22(30)9-15-35-24)27(37)36-25-21(28(38)39)16-29(25)10-3-11-29/h1-2,4-9,12-14,21,23,25-26,35H,3,10-11,15-16H2,(H,36,37)(H,38,39). The summed E-state index contributed by atoms with van der Waals surface area (Å²) in [5.41, 5.74) is -1.38. The van der Waals surface area contributed by atoms with E-state index in [1.807, 2.05) is 0 Å². The van der Waals surface area contributed by atoms with Crippen molar-refractivity contribution in [2.45, 2.75) is 49.7 Å². The number of hydrogen-bond acceptors (Lipinski definition) is 4. The highest BCUT2D eigenvalue weighted by Crippen LogP contribution is 2.59. The second-order valence-electron chi connectivity index (χ2n) is 10.8. The van der Waals surface area contributed by atoms with Gasteiger partial charge in [-0.3, -0.25) is 14.6 Å². The fourth-order valence-corrected chi connectivity index (χ4v) is 6.83. The van der Waals surface area contributed by atoms with Gasteiger partial charge in [-0.25, -0.2) is 13.2 Å². The highest BCUT2D eigenvalue weighted by Gasteiger charge is 2.60. The van der Waals surface area contributed by atoms with E-state index in [9.17, 15) is 23.5 Å². The van der Waals surface area contributed by atoms with Crippen LogP contribution in [0.5, 0.6) is 0 Å². The van der Waals surface area contributed by atoms with Crippen LogP contribution in [0.25, 0.3) is 0 Å². The molecule has 6 nitrogen and oxygen atoms in total. The molecule has 1 aromatic carbocycles. The van der Waals surface area contributed by atoms with Crippen molar-refractivity contribution in [3.8, 4) is 0 Å². The topological polar surface area (TPSA) is 91.3 Å². The van der Waals surface area contributed by atoms with Gasteiger partial charge in [0, 0.05) is 36.1 Å². The first-order valence-electron chi connectivity index (χ1n) is 13.1. The molecule has 2 aromatic rings. The maximum Gasteiger partial charge on any atom is 0.308 e. The number of benzene rings is 1. The third-order valence-corrected chi connectivity index (χ3v) is 8.92. The lowest BCUT2D eigenvalue weighted by Crippen LogP contribution is -2.66. The van der Waals surface area contributed by atoms with Crippen molar-refractivity contribution in [3.05, 3.63) is 101 Å². The van der Waals surface area contributed by atoms with Gasteiger partial charge in [-0.2, -0.15) is 0 Å². The molecule has 3 N–H and O–H groups in total. The van der Waals surface area contributed by atoms with E-state index < -0.39 is 41.8 Å². The first kappa shape index (κ1) is 25.4. The van der Waals surface area contributed by atoms with Crippen LogP contribution in [0.1, 0.15) is 54.7 Å². The lowest BCUT2D eigenvalue weighted by atomic mass is 9.48. The van der Waals surface area contributed by atoms with Crippen molar-refractivity contribution in [1.29, 1.82) is 0 Å². The number of carboxylic acid groups (broad SMARTS) is 1. The summed E-state index contributed by atoms with van der Waals surface area (Å²) in [7, 11) is 0. The lowest BCUT2D eigenvalue weighted by Gasteiger charge is -2.59. The monoisotopic (exact) mass is 535 g/mol. The Hall–Kier alpha value is -3.88. The van der Waals surface area contributed by atoms with E-state index in [4.69, 9.17) is 0 Å². The van der Waals surface area contributed by atoms with Gasteiger partial charge in [-0.15, -0.1) is 0 Å². The highest BCUT2D eigenvalue weighted by molar-refractivity contribution is 5.99. The maximum absolute atomic E-state index is 17.4. The minimum absolute atomic E-state index is 0.150. The molecule has 1 aliphatic heterocycles. The number of halogens is 3. The number of nitrogens with zero attached hydrogens (tertiary/aromatic N) is 1. The number of carbonyl (C=O) groups excluding carboxylic acids is 1. The van der Waals surface area contributed by atoms with Crippen molar-refractivity contribution in [1.82, 2.24) is 15.6 Å². The van der Waals surface area contributed by atoms with Gasteiger partial charge in [0.2, 0.25) is 0 Å². The molecule has 0 radical (unpaired) electrons. The first-order chi connectivity index (χ1) is 18.7. The number of hydrogen-bond donors (Lipinski definition) is 3. The Bertz CT molecular complexity index is 1420. The Morgan fingerprint density at radius 1 is 1.10 bits per heavy atom. The number of allylic oxidation sites excluding steroid dienone is 2. The van der Waals surface area contributed by atoms with E-state index in [0.717, 1.165) is 19.3 Å². The first-order valence-corrected chi connectivity index (χ1v) is 13.1. The normalized spacial score (nSPS) is 27.2. The van der Waals surface area contributed by atoms with Crippen LogP contribution in [0.15, 0.2) is 83.9 Å². The van der Waals surface area contributed by atoms with Crippen LogP contribution in [0.2, 0.25) is 0 Å². The molecule has 2 heterocycles. The van der Waals surface area contributed by atoms with Crippen molar-refractivity contribution >= 4 is 11.9 Å². The van der Waals surface area contributed by atoms with E-state index >= 15 is 4.39 Å². The Morgan fingerprint density at radius 3 is 2.46 bits per heavy atom. The Labute approximate surface area is 223 Å². The Balaban J connectivity index is 1.38. The van der Waals surface area contributed by atoms with E-state index in [1.165, 1.54) is 42.7 Å². The number of alkyl halides is 3. The molecular weight excluding hydrogens is 507 g/mol. The lowest BCUT2D eigenvalue weighted by molar-refractivity contribution is -0.162. The molecule has 1 spiro atoms. The van der Waals surface area contributed by atoms with Crippen LogP contribution < -0.4 is 10.6 Å². The Morgan fingerprint density at radius 2 is 1.82 bits per heavy atom. The number of aromatic nitrogens is 1. The van der Waals surface area contributed by atoms with E-state index in [-0.39, 0.29) is 34.2 Å². The van der Waals surface area contributed by atoms with E-state index in [2.05, 4.69) is 15.6 Å². The molecule has 2 saturated carbocycles. The highest BCUT2D eigenvalue weighted by atomic mass is 19.3. The molecule has 202 valence electrons. The third-order valence-electron chi connectivity index (χ3n) is 8.92. The number of carbonyl (C=O) groups is 2. The van der Waals surface area contributed by atoms with Crippen LogP contribution in [0.4, 0.5) is 13.2 Å². The molecule has 4 atom stereocenters. The number of aliphatic carboxylic acids is 1. The zero-order valence-corrected chi connectivity index (χ0v) is 21.0. The predicted molar refractivity (Wildman–Crippen MR) is 138 cm³/mol. The van der Waals surface area contributed by atoms with Crippen LogP contribution >= 0.6 is 0 Å². The third kappa shape index (κ3) is 3.97. The minimum atomic E-state index is -2.81. The van der Waals surface area contributed by atoms with Gasteiger partial charge < -0.3 is 15.7 Å². The molecule has 1 amide bonds. The van der Waals surface area contributed by atoms with Crippen LogP contribution in [-0.4, -0.2) is 40.2 Å². The molecule has 4 aliphatic rings. The maximum atomic E-state index is 17.4. The number of pyridine rings is 1. The molecule has 0 saturated heterocycles. The summed E-state index contributed by atoms with van der Waals surface area (Å²) in [5, 5.41) is 15.7. The SMILES string of the molecule is O=C(NC1C(C(=O)O)CC12CCC2)C1=C2NCC=C2C(F)(C(c2ccncc2)c2ccccc2C(F)F)C=C1. The molecule has 9 heteroatoms. The molecule has 1 aromatic heterocycles. The quantitative estimate of drug-likeness (QED) is 0.466. The van der Waals surface area contributed by atoms with Crippen molar-refractivity contribution in [2.75, 3.05) is 6.54 Å². The summed E-state index contributed by atoms with van der Waals surface area (Å²) < 4.78 is 45.6.